The Morgan fingerprint density at radius 1 is 1.09 bits per heavy atom. The number of aliphatic hydroxyl groups is 1. The zero-order chi connectivity index (χ0) is 30.8. The number of carbonyl (C=O) groups is 2. The molecule has 2 amide bonds. The van der Waals surface area contributed by atoms with Crippen molar-refractivity contribution in [3.8, 4) is 0 Å². The van der Waals surface area contributed by atoms with E-state index in [-0.39, 0.29) is 41.4 Å². The van der Waals surface area contributed by atoms with E-state index < -0.39 is 28.1 Å². The van der Waals surface area contributed by atoms with Gasteiger partial charge in [0.05, 0.1) is 29.6 Å². The van der Waals surface area contributed by atoms with Crippen LogP contribution in [0.5, 0.6) is 0 Å². The van der Waals surface area contributed by atoms with E-state index in [2.05, 4.69) is 15.6 Å². The number of likely N-dealkylation sites (tertiary alicyclic amines) is 1. The Hall–Kier alpha value is -3.32. The van der Waals surface area contributed by atoms with Gasteiger partial charge in [-0.3, -0.25) is 13.9 Å². The van der Waals surface area contributed by atoms with Gasteiger partial charge in [0.15, 0.2) is 0 Å². The third kappa shape index (κ3) is 6.53. The Morgan fingerprint density at radius 3 is 2.57 bits per heavy atom. The Labute approximate surface area is 262 Å². The van der Waals surface area contributed by atoms with Crippen LogP contribution in [0, 0.1) is 6.92 Å². The predicted molar refractivity (Wildman–Crippen MR) is 170 cm³/mol. The summed E-state index contributed by atoms with van der Waals surface area (Å²) in [6, 6.07) is 13.4. The summed E-state index contributed by atoms with van der Waals surface area (Å²) in [5, 5.41) is 20.6. The number of sulfonamides is 1. The number of aromatic nitrogens is 1. The first kappa shape index (κ1) is 30.7. The van der Waals surface area contributed by atoms with Gasteiger partial charge in [-0.25, -0.2) is 13.4 Å². The van der Waals surface area contributed by atoms with Crippen molar-refractivity contribution in [2.45, 2.75) is 69.7 Å². The minimum atomic E-state index is -3.56. The highest BCUT2D eigenvalue weighted by Gasteiger charge is 2.36. The average Bonchev–Trinajstić information content (AvgIpc) is 3.84. The van der Waals surface area contributed by atoms with E-state index in [1.807, 2.05) is 42.6 Å². The number of benzene rings is 2. The summed E-state index contributed by atoms with van der Waals surface area (Å²) < 4.78 is 27.1. The molecule has 0 saturated carbocycles. The van der Waals surface area contributed by atoms with Crippen molar-refractivity contribution >= 4 is 38.9 Å². The quantitative estimate of drug-likeness (QED) is 0.328. The number of hydrogen-bond acceptors (Lipinski definition) is 8. The number of aliphatic hydroxyl groups excluding tert-OH is 1. The van der Waals surface area contributed by atoms with Crippen LogP contribution in [0.25, 0.3) is 0 Å². The number of carbonyl (C=O) groups excluding carboxylic acids is 2. The summed E-state index contributed by atoms with van der Waals surface area (Å²) in [6.07, 6.45) is 3.43. The van der Waals surface area contributed by atoms with Crippen molar-refractivity contribution in [1.82, 2.24) is 20.5 Å². The summed E-state index contributed by atoms with van der Waals surface area (Å²) in [4.78, 5) is 34.4. The van der Waals surface area contributed by atoms with Gasteiger partial charge in [0.2, 0.25) is 10.0 Å². The number of hydrogen-bond donors (Lipinski definition) is 3. The average molecular weight is 638 g/mol. The van der Waals surface area contributed by atoms with E-state index in [1.54, 1.807) is 23.1 Å². The minimum absolute atomic E-state index is 0.0179. The van der Waals surface area contributed by atoms with E-state index in [1.165, 1.54) is 15.6 Å². The molecule has 10 nitrogen and oxygen atoms in total. The molecule has 0 unspecified atom stereocenters. The number of nitrogens with one attached hydrogen (secondary N) is 2. The van der Waals surface area contributed by atoms with Crippen molar-refractivity contribution in [1.29, 1.82) is 0 Å². The van der Waals surface area contributed by atoms with Crippen molar-refractivity contribution in [3.63, 3.8) is 0 Å². The van der Waals surface area contributed by atoms with Gasteiger partial charge in [-0.1, -0.05) is 30.3 Å². The molecule has 0 bridgehead atoms. The summed E-state index contributed by atoms with van der Waals surface area (Å²) >= 11 is 1.53. The molecule has 3 saturated heterocycles. The van der Waals surface area contributed by atoms with E-state index in [0.717, 1.165) is 48.5 Å². The molecule has 12 heteroatoms. The van der Waals surface area contributed by atoms with Gasteiger partial charge in [0, 0.05) is 41.3 Å². The first-order valence-electron chi connectivity index (χ1n) is 15.3. The predicted octanol–water partition coefficient (Wildman–Crippen LogP) is 3.42. The molecule has 3 aliphatic rings. The molecule has 4 heterocycles. The van der Waals surface area contributed by atoms with Gasteiger partial charge in [0.1, 0.15) is 5.01 Å². The first-order chi connectivity index (χ1) is 21.2. The van der Waals surface area contributed by atoms with Crippen LogP contribution in [0.4, 0.5) is 5.69 Å². The van der Waals surface area contributed by atoms with E-state index >= 15 is 0 Å². The zero-order valence-corrected chi connectivity index (χ0v) is 26.4. The molecule has 1 aromatic heterocycles. The largest absolute Gasteiger partial charge is 0.389 e. The highest BCUT2D eigenvalue weighted by molar-refractivity contribution is 7.93. The Kier molecular flexibility index (Phi) is 9.04. The fourth-order valence-electron chi connectivity index (χ4n) is 6.56. The van der Waals surface area contributed by atoms with Crippen LogP contribution in [0.2, 0.25) is 0 Å². The number of rotatable bonds is 9. The second-order valence-corrected chi connectivity index (χ2v) is 14.9. The molecule has 0 radical (unpaired) electrons. The van der Waals surface area contributed by atoms with E-state index in [9.17, 15) is 23.1 Å². The van der Waals surface area contributed by atoms with E-state index in [4.69, 9.17) is 0 Å². The summed E-state index contributed by atoms with van der Waals surface area (Å²) in [6.45, 7) is 3.57. The molecular formula is C32H39N5O5S2. The smallest absolute Gasteiger partial charge is 0.254 e. The number of thiazole rings is 1. The molecule has 44 heavy (non-hydrogen) atoms. The molecule has 2 aromatic carbocycles. The monoisotopic (exact) mass is 637 g/mol. The molecule has 6 rings (SSSR count). The molecule has 3 N–H and O–H groups in total. The number of anilines is 1. The minimum Gasteiger partial charge on any atom is -0.389 e. The third-order valence-electron chi connectivity index (χ3n) is 8.79. The second-order valence-electron chi connectivity index (χ2n) is 12.0. The van der Waals surface area contributed by atoms with E-state index in [0.29, 0.717) is 25.1 Å². The summed E-state index contributed by atoms with van der Waals surface area (Å²) in [5.41, 5.74) is 2.62. The fraction of sp³-hybridized carbons (Fsp3) is 0.469. The van der Waals surface area contributed by atoms with Gasteiger partial charge in [-0.05, 0) is 75.8 Å². The van der Waals surface area contributed by atoms with Crippen LogP contribution in [0.15, 0.2) is 53.9 Å². The lowest BCUT2D eigenvalue weighted by atomic mass is 9.95. The maximum Gasteiger partial charge on any atom is 0.254 e. The number of amides is 2. The maximum atomic E-state index is 14.0. The highest BCUT2D eigenvalue weighted by atomic mass is 32.2. The van der Waals surface area contributed by atoms with Crippen LogP contribution < -0.4 is 14.9 Å². The standard InChI is InChI=1S/C32H39N5O5S2/c1-21-20-43-31(34-21)28-11-6-13-36(28)32(40)24-17-23(18-25(19-24)37-14-7-15-44(37,41)42)30(39)35-27(16-22-8-3-2-4-9-22)29(38)26-10-5-12-33-26/h2-4,8-9,17-20,26-29,33,38H,5-7,10-16H2,1H3,(H,35,39)/t26-,27+,28+,29+/m0/s1. The summed E-state index contributed by atoms with van der Waals surface area (Å²) in [5.74, 6) is -0.711. The van der Waals surface area contributed by atoms with Crippen molar-refractivity contribution in [2.24, 2.45) is 0 Å². The number of aryl methyl sites for hydroxylation is 1. The highest BCUT2D eigenvalue weighted by Crippen LogP contribution is 2.36. The molecule has 0 aliphatic carbocycles. The Morgan fingerprint density at radius 2 is 1.89 bits per heavy atom. The lowest BCUT2D eigenvalue weighted by molar-refractivity contribution is 0.0733. The number of nitrogens with zero attached hydrogens (tertiary/aromatic N) is 3. The maximum absolute atomic E-state index is 14.0. The Balaban J connectivity index is 1.33. The molecule has 3 fully saturated rings. The van der Waals surface area contributed by atoms with Crippen molar-refractivity contribution in [2.75, 3.05) is 29.7 Å². The lowest BCUT2D eigenvalue weighted by Crippen LogP contribution is -2.52. The van der Waals surface area contributed by atoms with Gasteiger partial charge in [-0.2, -0.15) is 0 Å². The van der Waals surface area contributed by atoms with Crippen LogP contribution in [0.3, 0.4) is 0 Å². The van der Waals surface area contributed by atoms with Crippen LogP contribution in [-0.2, 0) is 16.4 Å². The topological polar surface area (TPSA) is 132 Å². The lowest BCUT2D eigenvalue weighted by Gasteiger charge is -2.29. The Bertz CT molecular complexity index is 1610. The normalized spacial score (nSPS) is 22.7. The molecule has 3 aromatic rings. The van der Waals surface area contributed by atoms with Crippen molar-refractivity contribution < 1.29 is 23.1 Å². The molecule has 0 spiro atoms. The van der Waals surface area contributed by atoms with Crippen LogP contribution in [-0.4, -0.2) is 78.8 Å². The van der Waals surface area contributed by atoms with Gasteiger partial charge in [0.25, 0.3) is 11.8 Å². The first-order valence-corrected chi connectivity index (χ1v) is 17.8. The van der Waals surface area contributed by atoms with Crippen LogP contribution in [0.1, 0.15) is 75.1 Å². The van der Waals surface area contributed by atoms with Crippen LogP contribution >= 0.6 is 11.3 Å². The molecule has 234 valence electrons. The van der Waals surface area contributed by atoms with Gasteiger partial charge >= 0.3 is 0 Å². The SMILES string of the molecule is Cc1csc([C@H]2CCCN2C(=O)c2cc(C(=O)N[C@H](Cc3ccccc3)[C@H](O)[C@@H]3CCCN3)cc(N3CCCS3(=O)=O)c2)n1. The fourth-order valence-corrected chi connectivity index (χ4v) is 9.05. The van der Waals surface area contributed by atoms with Gasteiger partial charge < -0.3 is 20.6 Å². The molecule has 3 aliphatic heterocycles. The molecular weight excluding hydrogens is 599 g/mol. The summed E-state index contributed by atoms with van der Waals surface area (Å²) in [7, 11) is -3.56. The van der Waals surface area contributed by atoms with Gasteiger partial charge in [-0.15, -0.1) is 11.3 Å². The van der Waals surface area contributed by atoms with Crippen molar-refractivity contribution in [3.05, 3.63) is 81.3 Å². The molecule has 4 atom stereocenters. The second kappa shape index (κ2) is 13.0. The zero-order valence-electron chi connectivity index (χ0n) is 24.8. The third-order valence-corrected chi connectivity index (χ3v) is 11.7.